The van der Waals surface area contributed by atoms with E-state index in [1.165, 1.54) is 32.4 Å². The van der Waals surface area contributed by atoms with E-state index in [1.54, 1.807) is 0 Å². The Labute approximate surface area is 159 Å². The third-order valence-electron chi connectivity index (χ3n) is 5.99. The lowest BCUT2D eigenvalue weighted by atomic mass is 9.80. The molecule has 0 aromatic carbocycles. The van der Waals surface area contributed by atoms with Gasteiger partial charge in [-0.1, -0.05) is 40.5 Å². The number of nitrogens with one attached hydrogen (secondary N) is 1. The number of hydrogen-bond donors (Lipinski definition) is 1. The second-order valence-corrected chi connectivity index (χ2v) is 9.17. The van der Waals surface area contributed by atoms with Gasteiger partial charge in [0.2, 0.25) is 11.8 Å². The molecule has 26 heavy (non-hydrogen) atoms. The summed E-state index contributed by atoms with van der Waals surface area (Å²) in [6.45, 7) is 13.8. The highest BCUT2D eigenvalue weighted by molar-refractivity contribution is 5.81. The number of carbonyl (C=O) groups is 2. The van der Waals surface area contributed by atoms with Crippen LogP contribution in [0.4, 0.5) is 0 Å². The standard InChI is InChI=1S/C21H39N3O2/c1-5-17-16-24(20(26)21(2,3)4)13-9-18(17)15-19(25)22-10-14-23-11-7-6-8-12-23/h17-18H,5-16H2,1-4H3,(H,22,25)/t17-,18-/m0/s1. The van der Waals surface area contributed by atoms with Gasteiger partial charge < -0.3 is 15.1 Å². The van der Waals surface area contributed by atoms with Crippen molar-refractivity contribution in [3.8, 4) is 0 Å². The fraction of sp³-hybridized carbons (Fsp3) is 0.905. The van der Waals surface area contributed by atoms with Gasteiger partial charge in [0.25, 0.3) is 0 Å². The van der Waals surface area contributed by atoms with Gasteiger partial charge in [0.1, 0.15) is 0 Å². The minimum atomic E-state index is -0.322. The summed E-state index contributed by atoms with van der Waals surface area (Å²) < 4.78 is 0. The van der Waals surface area contributed by atoms with E-state index in [9.17, 15) is 9.59 Å². The average molecular weight is 366 g/mol. The van der Waals surface area contributed by atoms with Crippen LogP contribution in [0.3, 0.4) is 0 Å². The van der Waals surface area contributed by atoms with E-state index in [2.05, 4.69) is 17.1 Å². The SMILES string of the molecule is CC[C@H]1CN(C(=O)C(C)(C)C)CC[C@H]1CC(=O)NCCN1CCCCC1. The monoisotopic (exact) mass is 365 g/mol. The molecular formula is C21H39N3O2. The fourth-order valence-corrected chi connectivity index (χ4v) is 4.32. The van der Waals surface area contributed by atoms with Crippen LogP contribution in [0.5, 0.6) is 0 Å². The van der Waals surface area contributed by atoms with Crippen LogP contribution in [0.2, 0.25) is 0 Å². The molecule has 0 spiro atoms. The van der Waals surface area contributed by atoms with E-state index in [0.29, 0.717) is 18.3 Å². The van der Waals surface area contributed by atoms with Gasteiger partial charge in [-0.25, -0.2) is 0 Å². The number of hydrogen-bond acceptors (Lipinski definition) is 3. The number of nitrogens with zero attached hydrogens (tertiary/aromatic N) is 2. The molecule has 2 saturated heterocycles. The molecule has 2 rings (SSSR count). The Balaban J connectivity index is 1.74. The maximum absolute atomic E-state index is 12.5. The van der Waals surface area contributed by atoms with Crippen molar-refractivity contribution in [1.29, 1.82) is 0 Å². The molecule has 2 aliphatic rings. The summed E-state index contributed by atoms with van der Waals surface area (Å²) in [5, 5.41) is 3.12. The van der Waals surface area contributed by atoms with Crippen molar-refractivity contribution in [3.05, 3.63) is 0 Å². The van der Waals surface area contributed by atoms with Crippen LogP contribution < -0.4 is 5.32 Å². The molecule has 2 fully saturated rings. The van der Waals surface area contributed by atoms with Gasteiger partial charge in [-0.05, 0) is 44.2 Å². The minimum absolute atomic E-state index is 0.182. The normalized spacial score (nSPS) is 25.2. The van der Waals surface area contributed by atoms with Crippen LogP contribution in [0, 0.1) is 17.3 Å². The molecular weight excluding hydrogens is 326 g/mol. The quantitative estimate of drug-likeness (QED) is 0.787. The molecule has 2 heterocycles. The summed E-state index contributed by atoms with van der Waals surface area (Å²) in [5.74, 6) is 1.25. The van der Waals surface area contributed by atoms with Gasteiger partial charge in [0.05, 0.1) is 0 Å². The van der Waals surface area contributed by atoms with Crippen LogP contribution in [-0.4, -0.2) is 60.9 Å². The molecule has 5 nitrogen and oxygen atoms in total. The molecule has 0 saturated carbocycles. The largest absolute Gasteiger partial charge is 0.355 e. The van der Waals surface area contributed by atoms with E-state index in [-0.39, 0.29) is 17.2 Å². The van der Waals surface area contributed by atoms with Crippen LogP contribution in [0.15, 0.2) is 0 Å². The van der Waals surface area contributed by atoms with E-state index < -0.39 is 0 Å². The molecule has 0 bridgehead atoms. The molecule has 0 radical (unpaired) electrons. The summed E-state index contributed by atoms with van der Waals surface area (Å²) in [4.78, 5) is 29.4. The van der Waals surface area contributed by atoms with Crippen LogP contribution in [0.25, 0.3) is 0 Å². The number of carbonyl (C=O) groups excluding carboxylic acids is 2. The third kappa shape index (κ3) is 6.26. The summed E-state index contributed by atoms with van der Waals surface area (Å²) >= 11 is 0. The summed E-state index contributed by atoms with van der Waals surface area (Å²) in [5.41, 5.74) is -0.322. The summed E-state index contributed by atoms with van der Waals surface area (Å²) in [6.07, 6.45) is 6.50. The van der Waals surface area contributed by atoms with E-state index in [4.69, 9.17) is 0 Å². The van der Waals surface area contributed by atoms with Crippen molar-refractivity contribution < 1.29 is 9.59 Å². The molecule has 5 heteroatoms. The van der Waals surface area contributed by atoms with Crippen LogP contribution >= 0.6 is 0 Å². The second-order valence-electron chi connectivity index (χ2n) is 9.17. The first kappa shape index (κ1) is 21.2. The Morgan fingerprint density at radius 3 is 2.35 bits per heavy atom. The Bertz CT molecular complexity index is 466. The highest BCUT2D eigenvalue weighted by Gasteiger charge is 2.35. The summed E-state index contributed by atoms with van der Waals surface area (Å²) in [6, 6.07) is 0. The van der Waals surface area contributed by atoms with Gasteiger partial charge in [-0.3, -0.25) is 9.59 Å². The minimum Gasteiger partial charge on any atom is -0.355 e. The predicted molar refractivity (Wildman–Crippen MR) is 106 cm³/mol. The maximum atomic E-state index is 12.5. The maximum Gasteiger partial charge on any atom is 0.227 e. The molecule has 150 valence electrons. The number of piperidine rings is 2. The first-order valence-corrected chi connectivity index (χ1v) is 10.6. The van der Waals surface area contributed by atoms with Gasteiger partial charge in [-0.2, -0.15) is 0 Å². The van der Waals surface area contributed by atoms with Crippen molar-refractivity contribution in [2.75, 3.05) is 39.3 Å². The average Bonchev–Trinajstić information content (AvgIpc) is 2.61. The van der Waals surface area contributed by atoms with Crippen LogP contribution in [-0.2, 0) is 9.59 Å². The van der Waals surface area contributed by atoms with Gasteiger partial charge in [-0.15, -0.1) is 0 Å². The Morgan fingerprint density at radius 1 is 1.04 bits per heavy atom. The van der Waals surface area contributed by atoms with E-state index >= 15 is 0 Å². The molecule has 2 aliphatic heterocycles. The molecule has 0 unspecified atom stereocenters. The van der Waals surface area contributed by atoms with Crippen molar-refractivity contribution >= 4 is 11.8 Å². The Kier molecular flexibility index (Phi) is 7.93. The van der Waals surface area contributed by atoms with Crippen molar-refractivity contribution in [3.63, 3.8) is 0 Å². The topological polar surface area (TPSA) is 52.7 Å². The Hall–Kier alpha value is -1.10. The van der Waals surface area contributed by atoms with Crippen LogP contribution in [0.1, 0.15) is 66.2 Å². The van der Waals surface area contributed by atoms with Gasteiger partial charge in [0.15, 0.2) is 0 Å². The molecule has 0 aliphatic carbocycles. The zero-order valence-corrected chi connectivity index (χ0v) is 17.4. The highest BCUT2D eigenvalue weighted by atomic mass is 16.2. The fourth-order valence-electron chi connectivity index (χ4n) is 4.32. The highest BCUT2D eigenvalue weighted by Crippen LogP contribution is 2.31. The van der Waals surface area contributed by atoms with Crippen molar-refractivity contribution in [2.24, 2.45) is 17.3 Å². The number of amides is 2. The zero-order chi connectivity index (χ0) is 19.2. The third-order valence-corrected chi connectivity index (χ3v) is 5.99. The lowest BCUT2D eigenvalue weighted by Gasteiger charge is -2.40. The zero-order valence-electron chi connectivity index (χ0n) is 17.4. The van der Waals surface area contributed by atoms with E-state index in [0.717, 1.165) is 39.0 Å². The molecule has 0 aromatic heterocycles. The van der Waals surface area contributed by atoms with Gasteiger partial charge >= 0.3 is 0 Å². The molecule has 0 aromatic rings. The van der Waals surface area contributed by atoms with Gasteiger partial charge in [0, 0.05) is 38.0 Å². The molecule has 2 amide bonds. The second kappa shape index (κ2) is 9.72. The lowest BCUT2D eigenvalue weighted by molar-refractivity contribution is -0.142. The predicted octanol–water partition coefficient (Wildman–Crippen LogP) is 2.90. The Morgan fingerprint density at radius 2 is 1.73 bits per heavy atom. The molecule has 2 atom stereocenters. The number of likely N-dealkylation sites (tertiary alicyclic amines) is 2. The number of rotatable bonds is 6. The first-order valence-electron chi connectivity index (χ1n) is 10.6. The van der Waals surface area contributed by atoms with E-state index in [1.807, 2.05) is 25.7 Å². The van der Waals surface area contributed by atoms with Crippen molar-refractivity contribution in [2.45, 2.75) is 66.2 Å². The first-order chi connectivity index (χ1) is 12.3. The lowest BCUT2D eigenvalue weighted by Crippen LogP contribution is -2.48. The smallest absolute Gasteiger partial charge is 0.227 e. The van der Waals surface area contributed by atoms with Crippen molar-refractivity contribution in [1.82, 2.24) is 15.1 Å². The molecule has 1 N–H and O–H groups in total. The summed E-state index contributed by atoms with van der Waals surface area (Å²) in [7, 11) is 0.